The fourth-order valence-electron chi connectivity index (χ4n) is 2.42. The van der Waals surface area contributed by atoms with Gasteiger partial charge in [-0.15, -0.1) is 0 Å². The lowest BCUT2D eigenvalue weighted by molar-refractivity contribution is -0.221. The van der Waals surface area contributed by atoms with Gasteiger partial charge in [0.1, 0.15) is 25.3 Å². The van der Waals surface area contributed by atoms with Gasteiger partial charge in [-0.1, -0.05) is 23.1 Å². The maximum Gasteiger partial charge on any atom is 0.416 e. The van der Waals surface area contributed by atoms with Crippen molar-refractivity contribution in [2.45, 2.75) is 12.3 Å². The molecule has 0 bridgehead atoms. The molecule has 3 aromatic rings. The van der Waals surface area contributed by atoms with E-state index in [2.05, 4.69) is 15.1 Å². The van der Waals surface area contributed by atoms with Gasteiger partial charge in [-0.25, -0.2) is 14.9 Å². The van der Waals surface area contributed by atoms with Crippen molar-refractivity contribution in [3.05, 3.63) is 53.2 Å². The van der Waals surface area contributed by atoms with Crippen LogP contribution in [0.2, 0.25) is 5.02 Å². The van der Waals surface area contributed by atoms with Crippen molar-refractivity contribution in [1.82, 2.24) is 14.9 Å². The second-order valence-electron chi connectivity index (χ2n) is 6.05. The average molecular weight is 443 g/mol. The van der Waals surface area contributed by atoms with E-state index in [1.54, 1.807) is 5.48 Å². The molecule has 1 amide bonds. The Labute approximate surface area is 173 Å². The summed E-state index contributed by atoms with van der Waals surface area (Å²) in [6.07, 6.45) is -3.57. The fourth-order valence-corrected chi connectivity index (χ4v) is 2.71. The van der Waals surface area contributed by atoms with Gasteiger partial charge in [0.25, 0.3) is 5.91 Å². The first-order valence-electron chi connectivity index (χ1n) is 8.22. The Morgan fingerprint density at radius 3 is 2.80 bits per heavy atom. The molecule has 0 aliphatic heterocycles. The second kappa shape index (κ2) is 8.50. The predicted octanol–water partition coefficient (Wildman–Crippen LogP) is 2.25. The number of hydrogen-bond donors (Lipinski definition) is 3. The number of amides is 1. The van der Waals surface area contributed by atoms with Crippen LogP contribution in [-0.4, -0.2) is 47.1 Å². The van der Waals surface area contributed by atoms with Gasteiger partial charge in [0.2, 0.25) is 0 Å². The first kappa shape index (κ1) is 21.9. The second-order valence-corrected chi connectivity index (χ2v) is 6.43. The van der Waals surface area contributed by atoms with Gasteiger partial charge >= 0.3 is 6.18 Å². The summed E-state index contributed by atoms with van der Waals surface area (Å²) >= 11 is 6.31. The summed E-state index contributed by atoms with van der Waals surface area (Å²) in [5.74, 6) is -1.73. The van der Waals surface area contributed by atoms with Crippen LogP contribution in [0.25, 0.3) is 5.65 Å². The van der Waals surface area contributed by atoms with Crippen molar-refractivity contribution in [3.8, 4) is 0 Å². The van der Waals surface area contributed by atoms with Crippen LogP contribution in [0.3, 0.4) is 0 Å². The van der Waals surface area contributed by atoms with Crippen LogP contribution in [0, 0.1) is 5.82 Å². The fraction of sp³-hybridized carbons (Fsp3) is 0.176. The van der Waals surface area contributed by atoms with E-state index in [4.69, 9.17) is 24.6 Å². The quantitative estimate of drug-likeness (QED) is 0.310. The summed E-state index contributed by atoms with van der Waals surface area (Å²) in [6, 6.07) is 3.77. The molecule has 3 N–H and O–H groups in total. The number of nitrogens with zero attached hydrogens (tertiary/aromatic N) is 2. The number of anilines is 2. The highest BCUT2D eigenvalue weighted by molar-refractivity contribution is 6.37. The summed E-state index contributed by atoms with van der Waals surface area (Å²) in [6.45, 7) is -1.23. The lowest BCUT2D eigenvalue weighted by Gasteiger charge is -2.17. The Morgan fingerprint density at radius 1 is 1.40 bits per heavy atom. The smallest absolute Gasteiger partial charge is 0.381 e. The van der Waals surface area contributed by atoms with Crippen molar-refractivity contribution in [3.63, 3.8) is 0 Å². The number of pyridine rings is 1. The Bertz CT molecular complexity index is 1090. The zero-order valence-electron chi connectivity index (χ0n) is 14.9. The largest absolute Gasteiger partial charge is 0.416 e. The number of rotatable bonds is 6. The number of aliphatic hydroxyl groups is 1. The highest BCUT2D eigenvalue weighted by atomic mass is 35.5. The molecule has 156 valence electrons. The molecule has 1 atom stereocenters. The zero-order chi connectivity index (χ0) is 22.1. The zero-order valence-corrected chi connectivity index (χ0v) is 15.6. The van der Waals surface area contributed by atoms with Crippen LogP contribution in [0.4, 0.5) is 28.9 Å². The van der Waals surface area contributed by atoms with E-state index in [1.165, 1.54) is 35.1 Å². The molecule has 0 saturated carbocycles. The van der Waals surface area contributed by atoms with Gasteiger partial charge in [0, 0.05) is 18.6 Å². The third-order valence-electron chi connectivity index (χ3n) is 3.90. The number of hydroxylamine groups is 1. The maximum atomic E-state index is 14.2. The number of alkyl halides is 3. The normalized spacial score (nSPS) is 12.7. The molecule has 2 radical (unpaired) electrons. The highest BCUT2D eigenvalue weighted by Gasteiger charge is 2.38. The number of imidazole rings is 1. The standard InChI is InChI=1S/C17H12BClF4N4O3/c18-8-1-2-11(10(20)5-8)25-14-9(6-27-4-3-24-15(27)13(14)19)16(29)26-30-7-12(28)17(21,22)23/h1-6,12,25,28H,7H2,(H,26,29). The van der Waals surface area contributed by atoms with Gasteiger partial charge in [0.05, 0.1) is 16.9 Å². The van der Waals surface area contributed by atoms with E-state index in [1.807, 2.05) is 0 Å². The number of aliphatic hydroxyl groups excluding tert-OH is 1. The van der Waals surface area contributed by atoms with E-state index >= 15 is 0 Å². The molecule has 13 heteroatoms. The van der Waals surface area contributed by atoms with Gasteiger partial charge < -0.3 is 14.8 Å². The Balaban J connectivity index is 1.91. The minimum atomic E-state index is -4.91. The Hall–Kier alpha value is -2.83. The number of hydrogen-bond acceptors (Lipinski definition) is 5. The van der Waals surface area contributed by atoms with Crippen LogP contribution < -0.4 is 16.3 Å². The van der Waals surface area contributed by atoms with E-state index in [9.17, 15) is 22.4 Å². The van der Waals surface area contributed by atoms with E-state index in [0.29, 0.717) is 0 Å². The monoisotopic (exact) mass is 442 g/mol. The third kappa shape index (κ3) is 4.66. The highest BCUT2D eigenvalue weighted by Crippen LogP contribution is 2.33. The number of fused-ring (bicyclic) bond motifs is 1. The van der Waals surface area contributed by atoms with E-state index < -0.39 is 30.6 Å². The number of halogens is 5. The predicted molar refractivity (Wildman–Crippen MR) is 101 cm³/mol. The molecule has 0 spiro atoms. The number of aromatic nitrogens is 2. The van der Waals surface area contributed by atoms with Crippen molar-refractivity contribution < 1.29 is 32.3 Å². The van der Waals surface area contributed by atoms with Gasteiger partial charge in [-0.05, 0) is 12.1 Å². The van der Waals surface area contributed by atoms with Crippen molar-refractivity contribution in [1.29, 1.82) is 0 Å². The number of nitrogens with one attached hydrogen (secondary N) is 2. The van der Waals surface area contributed by atoms with E-state index in [-0.39, 0.29) is 33.1 Å². The maximum absolute atomic E-state index is 14.2. The minimum Gasteiger partial charge on any atom is -0.381 e. The molecule has 0 saturated heterocycles. The first-order valence-corrected chi connectivity index (χ1v) is 8.60. The molecule has 1 aromatic carbocycles. The topological polar surface area (TPSA) is 87.9 Å². The molecule has 7 nitrogen and oxygen atoms in total. The molecule has 0 aliphatic rings. The van der Waals surface area contributed by atoms with Crippen LogP contribution in [0.1, 0.15) is 10.4 Å². The van der Waals surface area contributed by atoms with Crippen LogP contribution in [-0.2, 0) is 4.84 Å². The van der Waals surface area contributed by atoms with Gasteiger partial charge in [-0.3, -0.25) is 9.63 Å². The van der Waals surface area contributed by atoms with Gasteiger partial charge in [-0.2, -0.15) is 13.2 Å². The third-order valence-corrected chi connectivity index (χ3v) is 4.26. The molecule has 3 rings (SSSR count). The molecule has 0 fully saturated rings. The lowest BCUT2D eigenvalue weighted by atomic mass is 9.96. The van der Waals surface area contributed by atoms with E-state index in [0.717, 1.165) is 6.07 Å². The molecule has 0 aliphatic carbocycles. The minimum absolute atomic E-state index is 0.0563. The van der Waals surface area contributed by atoms with Crippen molar-refractivity contribution in [2.24, 2.45) is 0 Å². The number of benzene rings is 1. The van der Waals surface area contributed by atoms with Crippen LogP contribution in [0.5, 0.6) is 0 Å². The van der Waals surface area contributed by atoms with Gasteiger partial charge in [0.15, 0.2) is 11.8 Å². The molecule has 2 heterocycles. The Kier molecular flexibility index (Phi) is 6.20. The lowest BCUT2D eigenvalue weighted by Crippen LogP contribution is -2.36. The number of carbonyl (C=O) groups is 1. The molecule has 1 unspecified atom stereocenters. The summed E-state index contributed by atoms with van der Waals surface area (Å²) in [5.41, 5.74) is 1.87. The molecular weight excluding hydrogens is 430 g/mol. The Morgan fingerprint density at radius 2 is 2.13 bits per heavy atom. The summed E-state index contributed by atoms with van der Waals surface area (Å²) in [4.78, 5) is 21.0. The first-order chi connectivity index (χ1) is 14.1. The van der Waals surface area contributed by atoms with Crippen LogP contribution in [0.15, 0.2) is 36.8 Å². The molecule has 30 heavy (non-hydrogen) atoms. The summed E-state index contributed by atoms with van der Waals surface area (Å²) < 4.78 is 52.6. The number of carbonyl (C=O) groups excluding carboxylic acids is 1. The SMILES string of the molecule is [B]c1ccc(Nc2c(C(=O)NOCC(O)C(F)(F)F)cn3ccnc3c2Cl)c(F)c1. The molecular formula is C17H12BClF4N4O3. The molecule has 2 aromatic heterocycles. The van der Waals surface area contributed by atoms with Crippen molar-refractivity contribution in [2.75, 3.05) is 11.9 Å². The van der Waals surface area contributed by atoms with Crippen LogP contribution >= 0.6 is 11.6 Å². The average Bonchev–Trinajstić information content (AvgIpc) is 3.13. The van der Waals surface area contributed by atoms with Crippen molar-refractivity contribution >= 4 is 47.8 Å². The summed E-state index contributed by atoms with van der Waals surface area (Å²) in [5, 5.41) is 11.5. The summed E-state index contributed by atoms with van der Waals surface area (Å²) in [7, 11) is 5.51.